The third kappa shape index (κ3) is 2.96. The number of rotatable bonds is 4. The third-order valence-corrected chi connectivity index (χ3v) is 9.02. The molecule has 0 aromatic heterocycles. The average molecular weight is 377 g/mol. The van der Waals surface area contributed by atoms with Gasteiger partial charge in [0.05, 0.1) is 5.71 Å². The molecule has 4 aliphatic rings. The van der Waals surface area contributed by atoms with Crippen LogP contribution in [0.15, 0.2) is 5.16 Å². The molecule has 0 aromatic rings. The van der Waals surface area contributed by atoms with Gasteiger partial charge in [-0.1, -0.05) is 19.0 Å². The topological polar surface area (TPSA) is 84.9 Å². The number of fused-ring (bicyclic) bond motifs is 5. The van der Waals surface area contributed by atoms with Crippen molar-refractivity contribution in [1.29, 1.82) is 0 Å². The van der Waals surface area contributed by atoms with Crippen LogP contribution in [0.3, 0.4) is 0 Å². The Hall–Kier alpha value is -0.940. The number of nitrogens with two attached hydrogens (primary N) is 1. The van der Waals surface area contributed by atoms with E-state index >= 15 is 0 Å². The molecule has 152 valence electrons. The normalized spacial score (nSPS) is 48.1. The fourth-order valence-electron chi connectivity index (χ4n) is 7.46. The molecule has 0 bridgehead atoms. The first-order chi connectivity index (χ1) is 12.9. The molecule has 5 heteroatoms. The van der Waals surface area contributed by atoms with E-state index in [-0.39, 0.29) is 12.0 Å². The Balaban J connectivity index is 1.59. The second-order valence-corrected chi connectivity index (χ2v) is 10.1. The van der Waals surface area contributed by atoms with Crippen LogP contribution in [0.4, 0.5) is 0 Å². The van der Waals surface area contributed by atoms with E-state index in [0.29, 0.717) is 53.9 Å². The summed E-state index contributed by atoms with van der Waals surface area (Å²) in [6.07, 6.45) is 8.17. The highest BCUT2D eigenvalue weighted by Crippen LogP contribution is 2.66. The van der Waals surface area contributed by atoms with Crippen molar-refractivity contribution < 1.29 is 14.7 Å². The number of carbonyl (C=O) groups is 1. The Bertz CT molecular complexity index is 621. The van der Waals surface area contributed by atoms with Crippen LogP contribution in [0.25, 0.3) is 0 Å². The lowest BCUT2D eigenvalue weighted by Crippen LogP contribution is -2.57. The average Bonchev–Trinajstić information content (AvgIpc) is 2.96. The molecule has 1 unspecified atom stereocenters. The summed E-state index contributed by atoms with van der Waals surface area (Å²) in [4.78, 5) is 18.0. The molecule has 4 rings (SSSR count). The molecule has 4 aliphatic carbocycles. The second-order valence-electron chi connectivity index (χ2n) is 10.1. The first kappa shape index (κ1) is 19.4. The molecule has 7 atom stereocenters. The van der Waals surface area contributed by atoms with Crippen LogP contribution in [-0.4, -0.2) is 36.4 Å². The van der Waals surface area contributed by atoms with Crippen LogP contribution in [0.1, 0.15) is 65.2 Å². The van der Waals surface area contributed by atoms with E-state index in [1.54, 1.807) is 0 Å². The van der Waals surface area contributed by atoms with Gasteiger partial charge in [0.25, 0.3) is 0 Å². The summed E-state index contributed by atoms with van der Waals surface area (Å²) >= 11 is 0. The fourth-order valence-corrected chi connectivity index (χ4v) is 7.46. The molecule has 3 N–H and O–H groups in total. The summed E-state index contributed by atoms with van der Waals surface area (Å²) in [5, 5.41) is 14.6. The van der Waals surface area contributed by atoms with E-state index < -0.39 is 0 Å². The van der Waals surface area contributed by atoms with Crippen LogP contribution < -0.4 is 5.73 Å². The van der Waals surface area contributed by atoms with Crippen molar-refractivity contribution in [2.45, 2.75) is 65.2 Å². The SMILES string of the molecule is C[C@]12CCC(=NOCCN)CC1C[C@@H](CO)[C@@H]1[C@@H]2CC[C@]2(C)C(=O)CC[C@@H]12. The Morgan fingerprint density at radius 1 is 1.22 bits per heavy atom. The van der Waals surface area contributed by atoms with E-state index in [2.05, 4.69) is 19.0 Å². The van der Waals surface area contributed by atoms with Gasteiger partial charge in [0.15, 0.2) is 0 Å². The standard InChI is InChI=1S/C22H36N2O3/c1-21-7-5-16(24-27-10-9-23)12-15(21)11-14(13-25)20-17-3-4-19(26)22(17,2)8-6-18(20)21/h14-15,17-18,20,25H,3-13,23H2,1-2H3/t14-,15?,17-,18-,20-,21-,22-/m0/s1. The molecule has 4 fully saturated rings. The lowest BCUT2D eigenvalue weighted by molar-refractivity contribution is -0.148. The number of carbonyl (C=O) groups excluding carboxylic acids is 1. The van der Waals surface area contributed by atoms with E-state index in [4.69, 9.17) is 10.6 Å². The molecule has 0 aliphatic heterocycles. The van der Waals surface area contributed by atoms with E-state index in [9.17, 15) is 9.90 Å². The maximum absolute atomic E-state index is 12.6. The van der Waals surface area contributed by atoms with E-state index in [1.165, 1.54) is 0 Å². The molecule has 0 saturated heterocycles. The summed E-state index contributed by atoms with van der Waals surface area (Å²) in [7, 11) is 0. The number of hydrogen-bond acceptors (Lipinski definition) is 5. The van der Waals surface area contributed by atoms with Gasteiger partial charge in [-0.05, 0) is 80.0 Å². The zero-order valence-electron chi connectivity index (χ0n) is 17.0. The predicted octanol–water partition coefficient (Wildman–Crippen LogP) is 3.15. The molecule has 27 heavy (non-hydrogen) atoms. The van der Waals surface area contributed by atoms with Gasteiger partial charge in [-0.15, -0.1) is 0 Å². The summed E-state index contributed by atoms with van der Waals surface area (Å²) in [6, 6.07) is 0. The van der Waals surface area contributed by atoms with Gasteiger partial charge in [-0.3, -0.25) is 4.79 Å². The zero-order valence-corrected chi connectivity index (χ0v) is 17.0. The zero-order chi connectivity index (χ0) is 19.2. The minimum Gasteiger partial charge on any atom is -0.396 e. The molecular weight excluding hydrogens is 340 g/mol. The van der Waals surface area contributed by atoms with Crippen molar-refractivity contribution in [1.82, 2.24) is 0 Å². The number of aliphatic hydroxyl groups excluding tert-OH is 1. The van der Waals surface area contributed by atoms with Crippen molar-refractivity contribution in [3.8, 4) is 0 Å². The second kappa shape index (κ2) is 7.14. The first-order valence-electron chi connectivity index (χ1n) is 11.0. The molecule has 0 heterocycles. The highest BCUT2D eigenvalue weighted by atomic mass is 16.6. The van der Waals surface area contributed by atoms with Crippen LogP contribution in [0.5, 0.6) is 0 Å². The number of Topliss-reactive ketones (excluding diaryl/α,β-unsaturated/α-hetero) is 1. The maximum atomic E-state index is 12.6. The summed E-state index contributed by atoms with van der Waals surface area (Å²) in [6.45, 7) is 5.92. The summed E-state index contributed by atoms with van der Waals surface area (Å²) in [5.41, 5.74) is 6.83. The maximum Gasteiger partial charge on any atom is 0.139 e. The molecule has 0 spiro atoms. The van der Waals surface area contributed by atoms with Crippen LogP contribution >= 0.6 is 0 Å². The smallest absolute Gasteiger partial charge is 0.139 e. The molecule has 5 nitrogen and oxygen atoms in total. The number of ketones is 1. The van der Waals surface area contributed by atoms with Crippen molar-refractivity contribution in [3.63, 3.8) is 0 Å². The molecule has 0 amide bonds. The Kier molecular flexibility index (Phi) is 5.13. The quantitative estimate of drug-likeness (QED) is 0.583. The number of hydrogen-bond donors (Lipinski definition) is 2. The van der Waals surface area contributed by atoms with Gasteiger partial charge in [0, 0.05) is 25.0 Å². The minimum absolute atomic E-state index is 0.130. The highest BCUT2D eigenvalue weighted by molar-refractivity contribution is 5.87. The van der Waals surface area contributed by atoms with Gasteiger partial charge < -0.3 is 15.7 Å². The van der Waals surface area contributed by atoms with Crippen LogP contribution in [0, 0.1) is 40.4 Å². The third-order valence-electron chi connectivity index (χ3n) is 9.02. The number of nitrogens with zero attached hydrogens (tertiary/aromatic N) is 1. The van der Waals surface area contributed by atoms with Gasteiger partial charge >= 0.3 is 0 Å². The predicted molar refractivity (Wildman–Crippen MR) is 105 cm³/mol. The van der Waals surface area contributed by atoms with E-state index in [1.807, 2.05) is 0 Å². The Labute approximate surface area is 163 Å². The van der Waals surface area contributed by atoms with Crippen molar-refractivity contribution in [2.24, 2.45) is 51.3 Å². The van der Waals surface area contributed by atoms with Crippen LogP contribution in [0.2, 0.25) is 0 Å². The van der Waals surface area contributed by atoms with Gasteiger partial charge in [-0.2, -0.15) is 0 Å². The van der Waals surface area contributed by atoms with Crippen molar-refractivity contribution >= 4 is 11.5 Å². The monoisotopic (exact) mass is 376 g/mol. The van der Waals surface area contributed by atoms with E-state index in [0.717, 1.165) is 57.1 Å². The lowest BCUT2D eigenvalue weighted by Gasteiger charge is -2.61. The highest BCUT2D eigenvalue weighted by Gasteiger charge is 2.62. The summed E-state index contributed by atoms with van der Waals surface area (Å²) in [5.74, 6) is 2.98. The van der Waals surface area contributed by atoms with Gasteiger partial charge in [0.1, 0.15) is 12.4 Å². The van der Waals surface area contributed by atoms with Crippen molar-refractivity contribution in [2.75, 3.05) is 19.8 Å². The minimum atomic E-state index is -0.130. The van der Waals surface area contributed by atoms with Gasteiger partial charge in [-0.25, -0.2) is 0 Å². The molecule has 4 saturated carbocycles. The molecule has 0 radical (unpaired) electrons. The molecular formula is C22H36N2O3. The number of oxime groups is 1. The van der Waals surface area contributed by atoms with Crippen molar-refractivity contribution in [3.05, 3.63) is 0 Å². The van der Waals surface area contributed by atoms with Crippen LogP contribution in [-0.2, 0) is 9.63 Å². The largest absolute Gasteiger partial charge is 0.396 e. The molecule has 0 aromatic carbocycles. The first-order valence-corrected chi connectivity index (χ1v) is 11.0. The van der Waals surface area contributed by atoms with Gasteiger partial charge in [0.2, 0.25) is 0 Å². The lowest BCUT2D eigenvalue weighted by atomic mass is 9.43. The fraction of sp³-hybridized carbons (Fsp3) is 0.909. The summed E-state index contributed by atoms with van der Waals surface area (Å²) < 4.78 is 0. The Morgan fingerprint density at radius 3 is 2.78 bits per heavy atom. The number of aliphatic hydroxyl groups is 1. The Morgan fingerprint density at radius 2 is 2.04 bits per heavy atom.